The van der Waals surface area contributed by atoms with Crippen molar-refractivity contribution in [3.8, 4) is 22.8 Å². The molecular formula is C26H22FN3O3S. The Labute approximate surface area is 196 Å². The third-order valence-electron chi connectivity index (χ3n) is 5.70. The third-order valence-corrected chi connectivity index (χ3v) is 6.83. The van der Waals surface area contributed by atoms with Gasteiger partial charge in [0.2, 0.25) is 5.88 Å². The third kappa shape index (κ3) is 4.01. The van der Waals surface area contributed by atoms with Gasteiger partial charge >= 0.3 is 0 Å². The van der Waals surface area contributed by atoms with Crippen molar-refractivity contribution < 1.29 is 17.5 Å². The molecule has 0 saturated heterocycles. The molecule has 5 rings (SSSR count). The van der Waals surface area contributed by atoms with Crippen LogP contribution in [0.15, 0.2) is 71.8 Å². The number of rotatable bonds is 5. The molecule has 8 heteroatoms. The Hall–Kier alpha value is -3.78. The van der Waals surface area contributed by atoms with Crippen LogP contribution in [0.2, 0.25) is 0 Å². The number of hydrogen-bond acceptors (Lipinski definition) is 5. The van der Waals surface area contributed by atoms with Gasteiger partial charge in [0.15, 0.2) is 9.84 Å². The van der Waals surface area contributed by atoms with Crippen LogP contribution in [-0.2, 0) is 9.84 Å². The highest BCUT2D eigenvalue weighted by Crippen LogP contribution is 2.41. The first-order valence-corrected chi connectivity index (χ1v) is 12.6. The summed E-state index contributed by atoms with van der Waals surface area (Å²) in [5.41, 5.74) is 3.40. The molecule has 0 bridgehead atoms. The van der Waals surface area contributed by atoms with Crippen LogP contribution in [0.1, 0.15) is 25.5 Å². The minimum absolute atomic E-state index is 0.0551. The van der Waals surface area contributed by atoms with Crippen molar-refractivity contribution in [2.45, 2.75) is 24.7 Å². The summed E-state index contributed by atoms with van der Waals surface area (Å²) < 4.78 is 43.5. The largest absolute Gasteiger partial charge is 0.438 e. The normalized spacial score (nSPS) is 12.0. The summed E-state index contributed by atoms with van der Waals surface area (Å²) in [5, 5.41) is 9.72. The predicted octanol–water partition coefficient (Wildman–Crippen LogP) is 6.24. The maximum atomic E-state index is 13.7. The van der Waals surface area contributed by atoms with E-state index >= 15 is 0 Å². The molecule has 0 spiro atoms. The van der Waals surface area contributed by atoms with Crippen LogP contribution in [0, 0.1) is 5.82 Å². The molecule has 34 heavy (non-hydrogen) atoms. The monoisotopic (exact) mass is 475 g/mol. The van der Waals surface area contributed by atoms with Gasteiger partial charge < -0.3 is 4.74 Å². The van der Waals surface area contributed by atoms with Gasteiger partial charge in [-0.3, -0.25) is 5.10 Å². The van der Waals surface area contributed by atoms with Crippen LogP contribution in [-0.4, -0.2) is 29.9 Å². The van der Waals surface area contributed by atoms with Crippen LogP contribution in [0.3, 0.4) is 0 Å². The Morgan fingerprint density at radius 3 is 2.32 bits per heavy atom. The lowest BCUT2D eigenvalue weighted by molar-refractivity contribution is 0.465. The second-order valence-corrected chi connectivity index (χ2v) is 10.6. The maximum absolute atomic E-state index is 13.7. The number of fused-ring (bicyclic) bond motifs is 2. The van der Waals surface area contributed by atoms with E-state index in [9.17, 15) is 12.8 Å². The first kappa shape index (κ1) is 22.0. The number of hydrogen-bond donors (Lipinski definition) is 1. The second kappa shape index (κ2) is 8.22. The standard InChI is InChI=1S/C26H22FN3O3S/c1-15(2)25-24(16-4-6-18(27)7-5-16)21-12-17-14-28-30-23(17)13-22(21)26(29-25)33-19-8-10-20(11-9-19)34(3,31)32/h4-15H,1-3H3,(H,28,30). The topological polar surface area (TPSA) is 84.9 Å². The fourth-order valence-electron chi connectivity index (χ4n) is 4.02. The number of nitrogens with zero attached hydrogens (tertiary/aromatic N) is 2. The van der Waals surface area contributed by atoms with E-state index in [1.165, 1.54) is 24.3 Å². The van der Waals surface area contributed by atoms with Crippen molar-refractivity contribution in [1.82, 2.24) is 15.2 Å². The van der Waals surface area contributed by atoms with Crippen molar-refractivity contribution in [2.24, 2.45) is 0 Å². The van der Waals surface area contributed by atoms with E-state index in [4.69, 9.17) is 9.72 Å². The van der Waals surface area contributed by atoms with Gasteiger partial charge in [-0.2, -0.15) is 5.10 Å². The van der Waals surface area contributed by atoms with Gasteiger partial charge in [-0.25, -0.2) is 17.8 Å². The number of ether oxygens (including phenoxy) is 1. The van der Waals surface area contributed by atoms with Crippen molar-refractivity contribution in [3.05, 3.63) is 78.4 Å². The number of halogens is 1. The van der Waals surface area contributed by atoms with Gasteiger partial charge in [-0.15, -0.1) is 0 Å². The van der Waals surface area contributed by atoms with Gasteiger partial charge in [0.1, 0.15) is 11.6 Å². The fourth-order valence-corrected chi connectivity index (χ4v) is 4.65. The van der Waals surface area contributed by atoms with E-state index in [0.717, 1.165) is 44.8 Å². The molecule has 0 amide bonds. The molecule has 0 atom stereocenters. The molecule has 2 aromatic heterocycles. The lowest BCUT2D eigenvalue weighted by Crippen LogP contribution is -2.02. The van der Waals surface area contributed by atoms with Gasteiger partial charge in [-0.1, -0.05) is 26.0 Å². The Kier molecular flexibility index (Phi) is 5.32. The number of benzene rings is 3. The summed E-state index contributed by atoms with van der Waals surface area (Å²) in [4.78, 5) is 5.10. The average Bonchev–Trinajstić information content (AvgIpc) is 3.25. The van der Waals surface area contributed by atoms with Gasteiger partial charge in [0, 0.05) is 22.6 Å². The predicted molar refractivity (Wildman–Crippen MR) is 131 cm³/mol. The van der Waals surface area contributed by atoms with Crippen molar-refractivity contribution in [3.63, 3.8) is 0 Å². The highest BCUT2D eigenvalue weighted by Gasteiger charge is 2.20. The molecular weight excluding hydrogens is 453 g/mol. The Morgan fingerprint density at radius 2 is 1.68 bits per heavy atom. The molecule has 0 unspecified atom stereocenters. The van der Waals surface area contributed by atoms with Crippen LogP contribution >= 0.6 is 0 Å². The summed E-state index contributed by atoms with van der Waals surface area (Å²) in [6, 6.07) is 16.6. The Bertz CT molecular complexity index is 1620. The summed E-state index contributed by atoms with van der Waals surface area (Å²) in [5.74, 6) is 0.615. The Morgan fingerprint density at radius 1 is 0.971 bits per heavy atom. The van der Waals surface area contributed by atoms with Crippen LogP contribution in [0.4, 0.5) is 4.39 Å². The number of pyridine rings is 1. The number of aromatic nitrogens is 3. The number of H-pyrrole nitrogens is 1. The van der Waals surface area contributed by atoms with E-state index in [1.54, 1.807) is 30.5 Å². The average molecular weight is 476 g/mol. The molecule has 0 aliphatic carbocycles. The zero-order valence-electron chi connectivity index (χ0n) is 18.8. The maximum Gasteiger partial charge on any atom is 0.227 e. The molecule has 6 nitrogen and oxygen atoms in total. The molecule has 5 aromatic rings. The number of nitrogens with one attached hydrogen (secondary N) is 1. The molecule has 0 radical (unpaired) electrons. The minimum atomic E-state index is -3.31. The zero-order chi connectivity index (χ0) is 24.0. The summed E-state index contributed by atoms with van der Waals surface area (Å²) >= 11 is 0. The lowest BCUT2D eigenvalue weighted by Gasteiger charge is -2.19. The Balaban J connectivity index is 1.75. The number of aromatic amines is 1. The molecule has 2 heterocycles. The van der Waals surface area contributed by atoms with E-state index in [2.05, 4.69) is 10.2 Å². The first-order valence-electron chi connectivity index (χ1n) is 10.8. The van der Waals surface area contributed by atoms with E-state index < -0.39 is 9.84 Å². The van der Waals surface area contributed by atoms with Crippen LogP contribution in [0.25, 0.3) is 32.8 Å². The summed E-state index contributed by atoms with van der Waals surface area (Å²) in [7, 11) is -3.31. The number of sulfone groups is 1. The molecule has 1 N–H and O–H groups in total. The van der Waals surface area contributed by atoms with Gasteiger partial charge in [0.25, 0.3) is 0 Å². The second-order valence-electron chi connectivity index (χ2n) is 8.54. The van der Waals surface area contributed by atoms with Gasteiger partial charge in [0.05, 0.1) is 22.3 Å². The van der Waals surface area contributed by atoms with Crippen LogP contribution in [0.5, 0.6) is 11.6 Å². The highest BCUT2D eigenvalue weighted by atomic mass is 32.2. The smallest absolute Gasteiger partial charge is 0.227 e. The molecule has 0 aliphatic rings. The molecule has 0 aliphatic heterocycles. The molecule has 0 fully saturated rings. The zero-order valence-corrected chi connectivity index (χ0v) is 19.7. The van der Waals surface area contributed by atoms with Crippen LogP contribution < -0.4 is 4.74 Å². The molecule has 3 aromatic carbocycles. The highest BCUT2D eigenvalue weighted by molar-refractivity contribution is 7.90. The van der Waals surface area contributed by atoms with Crippen molar-refractivity contribution in [1.29, 1.82) is 0 Å². The van der Waals surface area contributed by atoms with E-state index in [1.807, 2.05) is 26.0 Å². The van der Waals surface area contributed by atoms with Crippen molar-refractivity contribution in [2.75, 3.05) is 6.26 Å². The minimum Gasteiger partial charge on any atom is -0.438 e. The fraction of sp³-hybridized carbons (Fsp3) is 0.154. The van der Waals surface area contributed by atoms with E-state index in [0.29, 0.717) is 11.6 Å². The lowest BCUT2D eigenvalue weighted by atomic mass is 9.92. The SMILES string of the molecule is CC(C)c1nc(Oc2ccc(S(C)(=O)=O)cc2)c2cc3[nH]ncc3cc2c1-c1ccc(F)cc1. The summed E-state index contributed by atoms with van der Waals surface area (Å²) in [6.45, 7) is 4.09. The van der Waals surface area contributed by atoms with Gasteiger partial charge in [-0.05, 0) is 65.4 Å². The first-order chi connectivity index (χ1) is 16.2. The summed E-state index contributed by atoms with van der Waals surface area (Å²) in [6.07, 6.45) is 2.92. The quantitative estimate of drug-likeness (QED) is 0.325. The van der Waals surface area contributed by atoms with E-state index in [-0.39, 0.29) is 16.6 Å². The molecule has 172 valence electrons. The van der Waals surface area contributed by atoms with Crippen molar-refractivity contribution >= 4 is 31.5 Å². The molecule has 0 saturated carbocycles.